The molecular formula is C22H27BO2. The maximum Gasteiger partial charge on any atom is 0.486 e. The minimum Gasteiger partial charge on any atom is -0.400 e. The van der Waals surface area contributed by atoms with Gasteiger partial charge in [-0.3, -0.25) is 0 Å². The Morgan fingerprint density at radius 1 is 0.800 bits per heavy atom. The molecule has 0 unspecified atom stereocenters. The fourth-order valence-corrected chi connectivity index (χ4v) is 2.92. The standard InChI is InChI=1S/C22H27BO2/c1-21(2)22(3,4)25-23(24-21)17-9-8-10-18-13-15-20(16-14-18)19-11-6-5-7-12-19/h5-7,9,11-17H,8,10H2,1-4H3/b17-9+. The minimum absolute atomic E-state index is 0.245. The van der Waals surface area contributed by atoms with E-state index in [0.29, 0.717) is 0 Å². The number of aryl methyl sites for hydroxylation is 1. The van der Waals surface area contributed by atoms with Crippen LogP contribution in [0.4, 0.5) is 0 Å². The summed E-state index contributed by atoms with van der Waals surface area (Å²) in [5.74, 6) is 2.04. The van der Waals surface area contributed by atoms with E-state index in [0.717, 1.165) is 12.8 Å². The largest absolute Gasteiger partial charge is 0.486 e. The fourth-order valence-electron chi connectivity index (χ4n) is 2.92. The van der Waals surface area contributed by atoms with Gasteiger partial charge in [-0.1, -0.05) is 66.6 Å². The maximum absolute atomic E-state index is 5.97. The molecule has 1 fully saturated rings. The lowest BCUT2D eigenvalue weighted by atomic mass is 9.89. The zero-order chi connectivity index (χ0) is 17.9. The number of benzene rings is 2. The molecular weight excluding hydrogens is 307 g/mol. The van der Waals surface area contributed by atoms with Crippen LogP contribution in [0.3, 0.4) is 0 Å². The van der Waals surface area contributed by atoms with Crippen LogP contribution < -0.4 is 0 Å². The van der Waals surface area contributed by atoms with Crippen molar-refractivity contribution in [2.75, 3.05) is 0 Å². The Bertz CT molecular complexity index is 701. The Hall–Kier alpha value is -1.84. The number of hydrogen-bond acceptors (Lipinski definition) is 2. The third-order valence-electron chi connectivity index (χ3n) is 5.23. The summed E-state index contributed by atoms with van der Waals surface area (Å²) in [5.41, 5.74) is 3.33. The number of rotatable bonds is 5. The molecule has 130 valence electrons. The molecule has 2 nitrogen and oxygen atoms in total. The average molecular weight is 334 g/mol. The third kappa shape index (κ3) is 4.23. The zero-order valence-corrected chi connectivity index (χ0v) is 15.7. The summed E-state index contributed by atoms with van der Waals surface area (Å²) in [5, 5.41) is 0. The van der Waals surface area contributed by atoms with E-state index in [-0.39, 0.29) is 18.3 Å². The van der Waals surface area contributed by atoms with Crippen molar-refractivity contribution in [2.24, 2.45) is 0 Å². The van der Waals surface area contributed by atoms with Crippen molar-refractivity contribution in [1.82, 2.24) is 0 Å². The lowest BCUT2D eigenvalue weighted by Crippen LogP contribution is -2.41. The molecule has 0 atom stereocenters. The van der Waals surface area contributed by atoms with E-state index in [2.05, 4.69) is 82.3 Å². The van der Waals surface area contributed by atoms with E-state index >= 15 is 0 Å². The van der Waals surface area contributed by atoms with Crippen LogP contribution in [0.2, 0.25) is 0 Å². The topological polar surface area (TPSA) is 18.5 Å². The van der Waals surface area contributed by atoms with Gasteiger partial charge in [-0.05, 0) is 57.2 Å². The van der Waals surface area contributed by atoms with Crippen molar-refractivity contribution >= 4 is 7.12 Å². The SMILES string of the molecule is CC1(C)OB(/C=C/CCc2ccc(-c3ccccc3)cc2)OC1(C)C. The van der Waals surface area contributed by atoms with E-state index in [9.17, 15) is 0 Å². The molecule has 2 aromatic carbocycles. The van der Waals surface area contributed by atoms with Crippen LogP contribution in [0.1, 0.15) is 39.7 Å². The van der Waals surface area contributed by atoms with Crippen LogP contribution in [0.15, 0.2) is 66.6 Å². The monoisotopic (exact) mass is 334 g/mol. The molecule has 25 heavy (non-hydrogen) atoms. The molecule has 2 aromatic rings. The predicted octanol–water partition coefficient (Wildman–Crippen LogP) is 5.47. The quantitative estimate of drug-likeness (QED) is 0.675. The van der Waals surface area contributed by atoms with E-state index < -0.39 is 0 Å². The third-order valence-corrected chi connectivity index (χ3v) is 5.23. The van der Waals surface area contributed by atoms with Gasteiger partial charge in [0.05, 0.1) is 11.2 Å². The number of allylic oxidation sites excluding steroid dienone is 1. The van der Waals surface area contributed by atoms with E-state index in [1.807, 2.05) is 12.0 Å². The lowest BCUT2D eigenvalue weighted by Gasteiger charge is -2.32. The molecule has 0 amide bonds. The molecule has 3 heteroatoms. The molecule has 1 aliphatic rings. The summed E-state index contributed by atoms with van der Waals surface area (Å²) in [6.07, 6.45) is 4.16. The minimum atomic E-state index is -0.269. The van der Waals surface area contributed by atoms with Gasteiger partial charge in [0.25, 0.3) is 0 Å². The smallest absolute Gasteiger partial charge is 0.400 e. The Labute approximate surface area is 152 Å². The summed E-state index contributed by atoms with van der Waals surface area (Å²) in [7, 11) is -0.245. The second kappa shape index (κ2) is 7.19. The second-order valence-corrected chi connectivity index (χ2v) is 7.65. The molecule has 0 radical (unpaired) electrons. The summed E-state index contributed by atoms with van der Waals surface area (Å²) >= 11 is 0. The van der Waals surface area contributed by atoms with Crippen LogP contribution in [-0.2, 0) is 15.7 Å². The van der Waals surface area contributed by atoms with Crippen LogP contribution in [-0.4, -0.2) is 18.3 Å². The highest BCUT2D eigenvalue weighted by Gasteiger charge is 2.49. The van der Waals surface area contributed by atoms with E-state index in [1.54, 1.807) is 0 Å². The number of hydrogen-bond donors (Lipinski definition) is 0. The first-order chi connectivity index (χ1) is 11.9. The van der Waals surface area contributed by atoms with Crippen LogP contribution in [0.5, 0.6) is 0 Å². The van der Waals surface area contributed by atoms with Gasteiger partial charge < -0.3 is 9.31 Å². The van der Waals surface area contributed by atoms with Gasteiger partial charge in [-0.15, -0.1) is 0 Å². The molecule has 3 rings (SSSR count). The van der Waals surface area contributed by atoms with E-state index in [4.69, 9.17) is 9.31 Å². The summed E-state index contributed by atoms with van der Waals surface area (Å²) < 4.78 is 11.9. The molecule has 1 saturated heterocycles. The van der Waals surface area contributed by atoms with Crippen LogP contribution in [0, 0.1) is 0 Å². The molecule has 0 spiro atoms. The first-order valence-electron chi connectivity index (χ1n) is 9.04. The Kier molecular flexibility index (Phi) is 5.17. The van der Waals surface area contributed by atoms with Crippen molar-refractivity contribution in [2.45, 2.75) is 51.7 Å². The van der Waals surface area contributed by atoms with Gasteiger partial charge in [0, 0.05) is 0 Å². The van der Waals surface area contributed by atoms with Gasteiger partial charge in [-0.2, -0.15) is 0 Å². The fraction of sp³-hybridized carbons (Fsp3) is 0.364. The highest BCUT2D eigenvalue weighted by Crippen LogP contribution is 2.36. The highest BCUT2D eigenvalue weighted by molar-refractivity contribution is 6.51. The summed E-state index contributed by atoms with van der Waals surface area (Å²) in [4.78, 5) is 0. The molecule has 0 N–H and O–H groups in total. The lowest BCUT2D eigenvalue weighted by molar-refractivity contribution is 0.00578. The van der Waals surface area contributed by atoms with Crippen molar-refractivity contribution in [3.05, 3.63) is 72.2 Å². The molecule has 1 aliphatic heterocycles. The van der Waals surface area contributed by atoms with Gasteiger partial charge in [0.1, 0.15) is 0 Å². The molecule has 0 aliphatic carbocycles. The molecule has 0 saturated carbocycles. The maximum atomic E-state index is 5.97. The average Bonchev–Trinajstić information content (AvgIpc) is 2.80. The highest BCUT2D eigenvalue weighted by atomic mass is 16.7. The van der Waals surface area contributed by atoms with Crippen molar-refractivity contribution in [3.63, 3.8) is 0 Å². The predicted molar refractivity (Wildman–Crippen MR) is 105 cm³/mol. The van der Waals surface area contributed by atoms with Gasteiger partial charge >= 0.3 is 7.12 Å². The van der Waals surface area contributed by atoms with Crippen LogP contribution in [0.25, 0.3) is 11.1 Å². The van der Waals surface area contributed by atoms with Crippen molar-refractivity contribution < 1.29 is 9.31 Å². The first-order valence-corrected chi connectivity index (χ1v) is 9.04. The molecule has 1 heterocycles. The van der Waals surface area contributed by atoms with Crippen molar-refractivity contribution in [3.8, 4) is 11.1 Å². The zero-order valence-electron chi connectivity index (χ0n) is 15.7. The van der Waals surface area contributed by atoms with Gasteiger partial charge in [0.2, 0.25) is 0 Å². The first kappa shape index (κ1) is 18.0. The van der Waals surface area contributed by atoms with Gasteiger partial charge in [-0.25, -0.2) is 0 Å². The second-order valence-electron chi connectivity index (χ2n) is 7.65. The normalized spacial score (nSPS) is 18.8. The molecule has 0 bridgehead atoms. The van der Waals surface area contributed by atoms with E-state index in [1.165, 1.54) is 16.7 Å². The van der Waals surface area contributed by atoms with Crippen LogP contribution >= 0.6 is 0 Å². The Balaban J connectivity index is 1.51. The van der Waals surface area contributed by atoms with Crippen molar-refractivity contribution in [1.29, 1.82) is 0 Å². The summed E-state index contributed by atoms with van der Waals surface area (Å²) in [6, 6.07) is 19.3. The molecule has 0 aromatic heterocycles. The summed E-state index contributed by atoms with van der Waals surface area (Å²) in [6.45, 7) is 8.31. The Morgan fingerprint density at radius 2 is 1.36 bits per heavy atom. The van der Waals surface area contributed by atoms with Gasteiger partial charge in [0.15, 0.2) is 0 Å². The Morgan fingerprint density at radius 3 is 1.96 bits per heavy atom.